The van der Waals surface area contributed by atoms with E-state index in [1.54, 1.807) is 18.9 Å². The fourth-order valence-corrected chi connectivity index (χ4v) is 2.33. The third kappa shape index (κ3) is 4.57. The van der Waals surface area contributed by atoms with Gasteiger partial charge < -0.3 is 9.84 Å². The summed E-state index contributed by atoms with van der Waals surface area (Å²) < 4.78 is 5.13. The van der Waals surface area contributed by atoms with E-state index in [-0.39, 0.29) is 6.42 Å². The number of benzene rings is 1. The zero-order chi connectivity index (χ0) is 12.0. The molecule has 16 heavy (non-hydrogen) atoms. The van der Waals surface area contributed by atoms with Crippen LogP contribution >= 0.6 is 11.8 Å². The van der Waals surface area contributed by atoms with E-state index >= 15 is 0 Å². The predicted octanol–water partition coefficient (Wildman–Crippen LogP) is 3.04. The van der Waals surface area contributed by atoms with Crippen LogP contribution < -0.4 is 4.74 Å². The van der Waals surface area contributed by atoms with Gasteiger partial charge in [0, 0.05) is 16.6 Å². The number of hydrogen-bond donors (Lipinski definition) is 1. The largest absolute Gasteiger partial charge is 0.497 e. The van der Waals surface area contributed by atoms with Gasteiger partial charge >= 0.3 is 5.97 Å². The number of ether oxygens (including phenoxy) is 1. The van der Waals surface area contributed by atoms with Crippen LogP contribution in [0, 0.1) is 0 Å². The number of aliphatic carboxylic acids is 1. The van der Waals surface area contributed by atoms with E-state index in [0.717, 1.165) is 10.6 Å². The lowest BCUT2D eigenvalue weighted by molar-refractivity contribution is -0.137. The quantitative estimate of drug-likeness (QED) is 0.776. The summed E-state index contributed by atoms with van der Waals surface area (Å²) in [4.78, 5) is 11.5. The molecular formula is C12H16O3S. The van der Waals surface area contributed by atoms with Gasteiger partial charge in [0.1, 0.15) is 5.75 Å². The molecule has 1 rings (SSSR count). The monoisotopic (exact) mass is 240 g/mol. The highest BCUT2D eigenvalue weighted by Crippen LogP contribution is 2.28. The van der Waals surface area contributed by atoms with E-state index in [1.807, 2.05) is 31.2 Å². The first kappa shape index (κ1) is 12.9. The highest BCUT2D eigenvalue weighted by molar-refractivity contribution is 7.99. The molecule has 0 radical (unpaired) electrons. The summed E-state index contributed by atoms with van der Waals surface area (Å²) in [6, 6.07) is 7.80. The van der Waals surface area contributed by atoms with Crippen LogP contribution in [0.3, 0.4) is 0 Å². The van der Waals surface area contributed by atoms with Gasteiger partial charge in [-0.25, -0.2) is 0 Å². The molecule has 88 valence electrons. The van der Waals surface area contributed by atoms with Gasteiger partial charge in [-0.3, -0.25) is 4.79 Å². The lowest BCUT2D eigenvalue weighted by Gasteiger charge is -2.10. The summed E-state index contributed by atoms with van der Waals surface area (Å²) in [5.74, 6) is 0.0912. The summed E-state index contributed by atoms with van der Waals surface area (Å²) in [6.07, 6.45) is 0.898. The second-order valence-corrected chi connectivity index (χ2v) is 5.05. The second kappa shape index (κ2) is 6.43. The van der Waals surface area contributed by atoms with Crippen LogP contribution in [-0.4, -0.2) is 23.4 Å². The molecule has 3 nitrogen and oxygen atoms in total. The van der Waals surface area contributed by atoms with Gasteiger partial charge in [-0.1, -0.05) is 13.0 Å². The van der Waals surface area contributed by atoms with Crippen LogP contribution in [0.5, 0.6) is 5.75 Å². The summed E-state index contributed by atoms with van der Waals surface area (Å²) in [6.45, 7) is 2.03. The van der Waals surface area contributed by atoms with E-state index < -0.39 is 5.97 Å². The number of carboxylic acid groups (broad SMARTS) is 1. The Labute approximate surface area is 99.8 Å². The lowest BCUT2D eigenvalue weighted by atomic mass is 10.2. The summed E-state index contributed by atoms with van der Waals surface area (Å²) >= 11 is 1.67. The molecule has 0 aliphatic carbocycles. The van der Waals surface area contributed by atoms with Gasteiger partial charge in [0.2, 0.25) is 0 Å². The Balaban J connectivity index is 2.48. The average Bonchev–Trinajstić information content (AvgIpc) is 2.26. The Bertz CT molecular complexity index is 352. The molecule has 1 aromatic carbocycles. The SMILES string of the molecule is COc1cccc(SC(C)CCC(=O)O)c1. The molecule has 4 heteroatoms. The van der Waals surface area contributed by atoms with Gasteiger partial charge in [0.25, 0.3) is 0 Å². The van der Waals surface area contributed by atoms with Crippen molar-refractivity contribution in [3.63, 3.8) is 0 Å². The number of carboxylic acids is 1. The molecule has 0 saturated carbocycles. The molecule has 0 aliphatic rings. The lowest BCUT2D eigenvalue weighted by Crippen LogP contribution is -2.02. The maximum Gasteiger partial charge on any atom is 0.303 e. The van der Waals surface area contributed by atoms with Crippen LogP contribution in [0.15, 0.2) is 29.2 Å². The normalized spacial score (nSPS) is 12.1. The molecule has 1 unspecified atom stereocenters. The third-order valence-corrected chi connectivity index (χ3v) is 3.31. The third-order valence-electron chi connectivity index (χ3n) is 2.14. The topological polar surface area (TPSA) is 46.5 Å². The predicted molar refractivity (Wildman–Crippen MR) is 65.2 cm³/mol. The molecule has 0 fully saturated rings. The van der Waals surface area contributed by atoms with Crippen LogP contribution in [0.4, 0.5) is 0 Å². The van der Waals surface area contributed by atoms with Crippen molar-refractivity contribution in [1.82, 2.24) is 0 Å². The van der Waals surface area contributed by atoms with Crippen molar-refractivity contribution in [2.24, 2.45) is 0 Å². The summed E-state index contributed by atoms with van der Waals surface area (Å²) in [7, 11) is 1.64. The Morgan fingerprint density at radius 3 is 2.94 bits per heavy atom. The van der Waals surface area contributed by atoms with Crippen molar-refractivity contribution in [2.45, 2.75) is 29.9 Å². The molecule has 0 saturated heterocycles. The van der Waals surface area contributed by atoms with Gasteiger partial charge in [-0.2, -0.15) is 0 Å². The van der Waals surface area contributed by atoms with Crippen LogP contribution in [0.1, 0.15) is 19.8 Å². The maximum atomic E-state index is 10.4. The van der Waals surface area contributed by atoms with Crippen molar-refractivity contribution in [1.29, 1.82) is 0 Å². The molecule has 0 bridgehead atoms. The first-order valence-corrected chi connectivity index (χ1v) is 6.02. The second-order valence-electron chi connectivity index (χ2n) is 3.54. The summed E-state index contributed by atoms with van der Waals surface area (Å²) in [5.41, 5.74) is 0. The molecular weight excluding hydrogens is 224 g/mol. The van der Waals surface area contributed by atoms with Gasteiger partial charge in [0.05, 0.1) is 7.11 Å². The van der Waals surface area contributed by atoms with Gasteiger partial charge in [-0.05, 0) is 24.6 Å². The fraction of sp³-hybridized carbons (Fsp3) is 0.417. The maximum absolute atomic E-state index is 10.4. The number of methoxy groups -OCH3 is 1. The van der Waals surface area contributed by atoms with Crippen molar-refractivity contribution >= 4 is 17.7 Å². The summed E-state index contributed by atoms with van der Waals surface area (Å²) in [5, 5.41) is 8.88. The Hall–Kier alpha value is -1.16. The molecule has 0 heterocycles. The van der Waals surface area contributed by atoms with Crippen LogP contribution in [0.2, 0.25) is 0 Å². The van der Waals surface area contributed by atoms with Crippen LogP contribution in [0.25, 0.3) is 0 Å². The molecule has 1 aromatic rings. The Morgan fingerprint density at radius 2 is 2.31 bits per heavy atom. The molecule has 0 aromatic heterocycles. The highest BCUT2D eigenvalue weighted by atomic mass is 32.2. The molecule has 1 atom stereocenters. The van der Waals surface area contributed by atoms with Crippen molar-refractivity contribution in [2.75, 3.05) is 7.11 Å². The first-order chi connectivity index (χ1) is 7.61. The van der Waals surface area contributed by atoms with E-state index in [9.17, 15) is 4.79 Å². The van der Waals surface area contributed by atoms with Crippen molar-refractivity contribution < 1.29 is 14.6 Å². The smallest absolute Gasteiger partial charge is 0.303 e. The molecule has 0 spiro atoms. The molecule has 1 N–H and O–H groups in total. The minimum absolute atomic E-state index is 0.220. The van der Waals surface area contributed by atoms with Crippen molar-refractivity contribution in [3.05, 3.63) is 24.3 Å². The minimum atomic E-state index is -0.738. The van der Waals surface area contributed by atoms with E-state index in [4.69, 9.17) is 9.84 Å². The zero-order valence-corrected chi connectivity index (χ0v) is 10.3. The average molecular weight is 240 g/mol. The van der Waals surface area contributed by atoms with E-state index in [1.165, 1.54) is 0 Å². The zero-order valence-electron chi connectivity index (χ0n) is 9.47. The van der Waals surface area contributed by atoms with Crippen molar-refractivity contribution in [3.8, 4) is 5.75 Å². The van der Waals surface area contributed by atoms with E-state index in [0.29, 0.717) is 11.7 Å². The molecule has 0 amide bonds. The number of carbonyl (C=O) groups is 1. The Morgan fingerprint density at radius 1 is 1.56 bits per heavy atom. The van der Waals surface area contributed by atoms with Gasteiger partial charge in [-0.15, -0.1) is 11.8 Å². The standard InChI is InChI=1S/C12H16O3S/c1-9(6-7-12(13)14)16-11-5-3-4-10(8-11)15-2/h3-5,8-9H,6-7H2,1-2H3,(H,13,14). The van der Waals surface area contributed by atoms with E-state index in [2.05, 4.69) is 0 Å². The fourth-order valence-electron chi connectivity index (χ4n) is 1.29. The highest BCUT2D eigenvalue weighted by Gasteiger charge is 2.07. The first-order valence-electron chi connectivity index (χ1n) is 5.14. The number of thioether (sulfide) groups is 1. The number of rotatable bonds is 6. The number of hydrogen-bond acceptors (Lipinski definition) is 3. The Kier molecular flexibility index (Phi) is 5.19. The minimum Gasteiger partial charge on any atom is -0.497 e. The van der Waals surface area contributed by atoms with Gasteiger partial charge in [0.15, 0.2) is 0 Å². The molecule has 0 aliphatic heterocycles. The van der Waals surface area contributed by atoms with Crippen LogP contribution in [-0.2, 0) is 4.79 Å².